The molecule has 3 nitrogen and oxygen atoms in total. The van der Waals surface area contributed by atoms with Gasteiger partial charge in [-0.05, 0) is 35.9 Å². The molecule has 0 amide bonds. The van der Waals surface area contributed by atoms with Crippen LogP contribution in [-0.2, 0) is 10.5 Å². The number of rotatable bonds is 4. The van der Waals surface area contributed by atoms with Crippen LogP contribution < -0.4 is 5.73 Å². The SMILES string of the molecule is COC(=O)c1cccc(CSc2ccc(N)c(F)c2)c1. The summed E-state index contributed by atoms with van der Waals surface area (Å²) < 4.78 is 18.0. The summed E-state index contributed by atoms with van der Waals surface area (Å²) in [5.74, 6) is -0.150. The van der Waals surface area contributed by atoms with E-state index in [-0.39, 0.29) is 11.7 Å². The van der Waals surface area contributed by atoms with Gasteiger partial charge in [-0.1, -0.05) is 12.1 Å². The van der Waals surface area contributed by atoms with E-state index in [2.05, 4.69) is 4.74 Å². The van der Waals surface area contributed by atoms with Crippen molar-refractivity contribution in [1.29, 1.82) is 0 Å². The van der Waals surface area contributed by atoms with Gasteiger partial charge < -0.3 is 10.5 Å². The number of anilines is 1. The van der Waals surface area contributed by atoms with Gasteiger partial charge in [-0.3, -0.25) is 0 Å². The quantitative estimate of drug-likeness (QED) is 0.532. The molecule has 0 unspecified atom stereocenters. The summed E-state index contributed by atoms with van der Waals surface area (Å²) in [5, 5.41) is 0. The number of halogens is 1. The van der Waals surface area contributed by atoms with Crippen molar-refractivity contribution in [1.82, 2.24) is 0 Å². The smallest absolute Gasteiger partial charge is 0.337 e. The lowest BCUT2D eigenvalue weighted by Crippen LogP contribution is -2.01. The molecular weight excluding hydrogens is 277 g/mol. The Morgan fingerprint density at radius 1 is 1.30 bits per heavy atom. The molecule has 0 radical (unpaired) electrons. The van der Waals surface area contributed by atoms with Gasteiger partial charge in [0.2, 0.25) is 0 Å². The number of methoxy groups -OCH3 is 1. The number of hydrogen-bond donors (Lipinski definition) is 1. The number of nitrogens with two attached hydrogens (primary N) is 1. The summed E-state index contributed by atoms with van der Waals surface area (Å²) in [7, 11) is 1.35. The maximum Gasteiger partial charge on any atom is 0.337 e. The number of ether oxygens (including phenoxy) is 1. The van der Waals surface area contributed by atoms with Gasteiger partial charge in [0.1, 0.15) is 5.82 Å². The number of esters is 1. The fourth-order valence-electron chi connectivity index (χ4n) is 1.67. The van der Waals surface area contributed by atoms with Crippen LogP contribution in [-0.4, -0.2) is 13.1 Å². The molecule has 0 saturated heterocycles. The van der Waals surface area contributed by atoms with Gasteiger partial charge in [-0.2, -0.15) is 0 Å². The summed E-state index contributed by atoms with van der Waals surface area (Å²) in [6.07, 6.45) is 0. The molecule has 2 aromatic carbocycles. The molecule has 5 heteroatoms. The monoisotopic (exact) mass is 291 g/mol. The van der Waals surface area contributed by atoms with Crippen LogP contribution in [0.2, 0.25) is 0 Å². The van der Waals surface area contributed by atoms with Crippen LogP contribution in [0.25, 0.3) is 0 Å². The maximum absolute atomic E-state index is 13.3. The van der Waals surface area contributed by atoms with Crippen LogP contribution in [0.3, 0.4) is 0 Å². The Labute approximate surface area is 120 Å². The number of carbonyl (C=O) groups is 1. The Bertz CT molecular complexity index is 631. The van der Waals surface area contributed by atoms with Gasteiger partial charge in [0.25, 0.3) is 0 Å². The highest BCUT2D eigenvalue weighted by Gasteiger charge is 2.06. The van der Waals surface area contributed by atoms with Gasteiger partial charge in [0.05, 0.1) is 18.4 Å². The summed E-state index contributed by atoms with van der Waals surface area (Å²) in [5.41, 5.74) is 7.05. The van der Waals surface area contributed by atoms with E-state index in [1.807, 2.05) is 6.07 Å². The fourth-order valence-corrected chi connectivity index (χ4v) is 2.53. The van der Waals surface area contributed by atoms with Crippen molar-refractivity contribution in [3.63, 3.8) is 0 Å². The first-order valence-electron chi connectivity index (χ1n) is 5.95. The normalized spacial score (nSPS) is 10.3. The molecular formula is C15H14FNO2S. The molecule has 20 heavy (non-hydrogen) atoms. The van der Waals surface area contributed by atoms with Crippen LogP contribution >= 0.6 is 11.8 Å². The van der Waals surface area contributed by atoms with E-state index in [0.29, 0.717) is 11.3 Å². The van der Waals surface area contributed by atoms with E-state index in [4.69, 9.17) is 5.73 Å². The molecule has 0 saturated carbocycles. The molecule has 0 aliphatic heterocycles. The zero-order chi connectivity index (χ0) is 14.5. The van der Waals surface area contributed by atoms with Gasteiger partial charge in [-0.25, -0.2) is 9.18 Å². The first kappa shape index (κ1) is 14.4. The third kappa shape index (κ3) is 3.51. The molecule has 104 valence electrons. The Morgan fingerprint density at radius 2 is 2.10 bits per heavy atom. The lowest BCUT2D eigenvalue weighted by molar-refractivity contribution is 0.0600. The number of benzene rings is 2. The van der Waals surface area contributed by atoms with Crippen molar-refractivity contribution < 1.29 is 13.9 Å². The highest BCUT2D eigenvalue weighted by molar-refractivity contribution is 7.98. The van der Waals surface area contributed by atoms with Crippen LogP contribution in [0.1, 0.15) is 15.9 Å². The van der Waals surface area contributed by atoms with Gasteiger partial charge in [0, 0.05) is 10.6 Å². The third-order valence-electron chi connectivity index (χ3n) is 2.73. The molecule has 2 rings (SSSR count). The van der Waals surface area contributed by atoms with Crippen molar-refractivity contribution in [2.75, 3.05) is 12.8 Å². The molecule has 0 bridgehead atoms. The molecule has 2 aromatic rings. The van der Waals surface area contributed by atoms with Crippen LogP contribution in [0, 0.1) is 5.82 Å². The lowest BCUT2D eigenvalue weighted by atomic mass is 10.1. The fraction of sp³-hybridized carbons (Fsp3) is 0.133. The minimum absolute atomic E-state index is 0.141. The van der Waals surface area contributed by atoms with Crippen molar-refractivity contribution in [2.24, 2.45) is 0 Å². The third-order valence-corrected chi connectivity index (χ3v) is 3.79. The summed E-state index contributed by atoms with van der Waals surface area (Å²) in [6.45, 7) is 0. The summed E-state index contributed by atoms with van der Waals surface area (Å²) in [6, 6.07) is 11.9. The number of hydrogen-bond acceptors (Lipinski definition) is 4. The van der Waals surface area contributed by atoms with Gasteiger partial charge >= 0.3 is 5.97 Å². The number of thioether (sulfide) groups is 1. The Hall–Kier alpha value is -2.01. The molecule has 0 aliphatic rings. The van der Waals surface area contributed by atoms with Crippen LogP contribution in [0.5, 0.6) is 0 Å². The number of nitrogen functional groups attached to an aromatic ring is 1. The largest absolute Gasteiger partial charge is 0.465 e. The highest BCUT2D eigenvalue weighted by Crippen LogP contribution is 2.25. The second-order valence-electron chi connectivity index (χ2n) is 4.16. The van der Waals surface area contributed by atoms with E-state index in [1.165, 1.54) is 24.9 Å². The number of carbonyl (C=O) groups excluding carboxylic acids is 1. The topological polar surface area (TPSA) is 52.3 Å². The predicted octanol–water partition coefficient (Wildman–Crippen LogP) is 3.49. The first-order chi connectivity index (χ1) is 9.60. The lowest BCUT2D eigenvalue weighted by Gasteiger charge is -2.05. The zero-order valence-electron chi connectivity index (χ0n) is 10.9. The van der Waals surface area contributed by atoms with Crippen molar-refractivity contribution in [3.8, 4) is 0 Å². The Morgan fingerprint density at radius 3 is 2.80 bits per heavy atom. The second-order valence-corrected chi connectivity index (χ2v) is 5.21. The van der Waals surface area contributed by atoms with E-state index < -0.39 is 5.82 Å². The van der Waals surface area contributed by atoms with E-state index in [1.54, 1.807) is 30.3 Å². The minimum atomic E-state index is -0.418. The molecule has 0 aliphatic carbocycles. The van der Waals surface area contributed by atoms with Gasteiger partial charge in [0.15, 0.2) is 0 Å². The molecule has 2 N–H and O–H groups in total. The van der Waals surface area contributed by atoms with Crippen LogP contribution in [0.15, 0.2) is 47.4 Å². The second kappa shape index (κ2) is 6.43. The van der Waals surface area contributed by atoms with Crippen molar-refractivity contribution >= 4 is 23.4 Å². The molecule has 0 aromatic heterocycles. The van der Waals surface area contributed by atoms with Crippen LogP contribution in [0.4, 0.5) is 10.1 Å². The Kier molecular flexibility index (Phi) is 4.63. The first-order valence-corrected chi connectivity index (χ1v) is 6.94. The van der Waals surface area contributed by atoms with E-state index in [9.17, 15) is 9.18 Å². The predicted molar refractivity (Wildman–Crippen MR) is 78.2 cm³/mol. The van der Waals surface area contributed by atoms with E-state index >= 15 is 0 Å². The Balaban J connectivity index is 2.07. The molecule has 0 fully saturated rings. The average molecular weight is 291 g/mol. The summed E-state index contributed by atoms with van der Waals surface area (Å²) in [4.78, 5) is 12.2. The van der Waals surface area contributed by atoms with Gasteiger partial charge in [-0.15, -0.1) is 11.8 Å². The highest BCUT2D eigenvalue weighted by atomic mass is 32.2. The van der Waals surface area contributed by atoms with Crippen molar-refractivity contribution in [3.05, 3.63) is 59.4 Å². The van der Waals surface area contributed by atoms with E-state index in [0.717, 1.165) is 10.5 Å². The minimum Gasteiger partial charge on any atom is -0.465 e. The molecule has 0 heterocycles. The maximum atomic E-state index is 13.3. The standard InChI is InChI=1S/C15H14FNO2S/c1-19-15(18)11-4-2-3-10(7-11)9-20-12-5-6-14(17)13(16)8-12/h2-8H,9,17H2,1H3. The molecule has 0 spiro atoms. The molecule has 0 atom stereocenters. The summed E-state index contributed by atoms with van der Waals surface area (Å²) >= 11 is 1.48. The zero-order valence-corrected chi connectivity index (χ0v) is 11.7. The van der Waals surface area contributed by atoms with Crippen molar-refractivity contribution in [2.45, 2.75) is 10.6 Å². The average Bonchev–Trinajstić information content (AvgIpc) is 2.48.